The Morgan fingerprint density at radius 2 is 1.83 bits per heavy atom. The number of alkyl halides is 3. The van der Waals surface area contributed by atoms with E-state index in [4.69, 9.17) is 39.5 Å². The minimum absolute atomic E-state index is 0.0629. The third-order valence-electron chi connectivity index (χ3n) is 2.44. The van der Waals surface area contributed by atoms with Crippen LogP contribution in [0.25, 0.3) is 0 Å². The molecule has 2 rings (SSSR count). The average molecular weight is 313 g/mol. The molecule has 0 amide bonds. The third-order valence-corrected chi connectivity index (χ3v) is 2.95. The Labute approximate surface area is 120 Å². The van der Waals surface area contributed by atoms with Gasteiger partial charge in [0.25, 0.3) is 0 Å². The largest absolute Gasteiger partial charge is 0.467 e. The first-order valence-electron chi connectivity index (χ1n) is 5.33. The van der Waals surface area contributed by atoms with E-state index in [0.717, 1.165) is 26.2 Å². The number of anilines is 1. The lowest BCUT2D eigenvalue weighted by Gasteiger charge is -2.27. The monoisotopic (exact) mass is 311 g/mol. The molecule has 1 aromatic heterocycles. The Morgan fingerprint density at radius 3 is 2.39 bits per heavy atom. The van der Waals surface area contributed by atoms with Gasteiger partial charge >= 0.3 is 6.01 Å². The second kappa shape index (κ2) is 5.61. The summed E-state index contributed by atoms with van der Waals surface area (Å²) in [7, 11) is 1.46. The predicted octanol–water partition coefficient (Wildman–Crippen LogP) is 1.12. The average Bonchev–Trinajstić information content (AvgIpc) is 2.38. The van der Waals surface area contributed by atoms with Gasteiger partial charge in [0.1, 0.15) is 0 Å². The summed E-state index contributed by atoms with van der Waals surface area (Å²) in [6, 6.07) is 0.139. The molecule has 0 aliphatic carbocycles. The number of aromatic nitrogens is 3. The number of methoxy groups -OCH3 is 1. The van der Waals surface area contributed by atoms with Crippen LogP contribution in [0.15, 0.2) is 0 Å². The van der Waals surface area contributed by atoms with Gasteiger partial charge in [-0.3, -0.25) is 0 Å². The van der Waals surface area contributed by atoms with E-state index in [1.165, 1.54) is 7.11 Å². The lowest BCUT2D eigenvalue weighted by atomic mass is 10.4. The third kappa shape index (κ3) is 3.26. The zero-order chi connectivity index (χ0) is 13.2. The van der Waals surface area contributed by atoms with E-state index in [2.05, 4.69) is 20.3 Å². The quantitative estimate of drug-likeness (QED) is 0.826. The first-order chi connectivity index (χ1) is 8.50. The summed E-state index contributed by atoms with van der Waals surface area (Å²) in [6.07, 6.45) is 0. The van der Waals surface area contributed by atoms with Gasteiger partial charge < -0.3 is 15.0 Å². The first kappa shape index (κ1) is 13.9. The molecule has 0 aromatic carbocycles. The van der Waals surface area contributed by atoms with Crippen molar-refractivity contribution in [2.75, 3.05) is 38.2 Å². The van der Waals surface area contributed by atoms with E-state index in [9.17, 15) is 0 Å². The number of hydrogen-bond acceptors (Lipinski definition) is 6. The molecule has 6 nitrogen and oxygen atoms in total. The van der Waals surface area contributed by atoms with Crippen molar-refractivity contribution in [2.24, 2.45) is 0 Å². The number of nitrogens with zero attached hydrogens (tertiary/aromatic N) is 4. The molecule has 0 spiro atoms. The summed E-state index contributed by atoms with van der Waals surface area (Å²) in [5.41, 5.74) is 0. The number of halogens is 3. The predicted molar refractivity (Wildman–Crippen MR) is 70.7 cm³/mol. The van der Waals surface area contributed by atoms with Crippen molar-refractivity contribution in [3.63, 3.8) is 0 Å². The first-order valence-corrected chi connectivity index (χ1v) is 6.47. The van der Waals surface area contributed by atoms with E-state index < -0.39 is 3.79 Å². The molecule has 0 atom stereocenters. The molecule has 1 saturated heterocycles. The van der Waals surface area contributed by atoms with E-state index in [-0.39, 0.29) is 11.8 Å². The molecule has 0 saturated carbocycles. The highest BCUT2D eigenvalue weighted by molar-refractivity contribution is 6.66. The van der Waals surface area contributed by atoms with Gasteiger partial charge in [0.15, 0.2) is 5.82 Å². The SMILES string of the molecule is COc1nc(N2CCNCC2)nc(C(Cl)(Cl)Cl)n1. The van der Waals surface area contributed by atoms with E-state index >= 15 is 0 Å². The highest BCUT2D eigenvalue weighted by Gasteiger charge is 2.29. The number of ether oxygens (including phenoxy) is 1. The fourth-order valence-electron chi connectivity index (χ4n) is 1.57. The Morgan fingerprint density at radius 1 is 1.17 bits per heavy atom. The molecule has 1 aromatic rings. The smallest absolute Gasteiger partial charge is 0.321 e. The summed E-state index contributed by atoms with van der Waals surface area (Å²) in [5, 5.41) is 3.24. The maximum absolute atomic E-state index is 5.79. The van der Waals surface area contributed by atoms with Gasteiger partial charge in [-0.1, -0.05) is 34.8 Å². The van der Waals surface area contributed by atoms with Gasteiger partial charge in [0, 0.05) is 26.2 Å². The number of nitrogens with one attached hydrogen (secondary N) is 1. The minimum atomic E-state index is -1.70. The summed E-state index contributed by atoms with van der Waals surface area (Å²) >= 11 is 17.4. The Bertz CT molecular complexity index is 419. The van der Waals surface area contributed by atoms with Crippen molar-refractivity contribution >= 4 is 40.8 Å². The molecule has 1 N–H and O–H groups in total. The lowest BCUT2D eigenvalue weighted by Crippen LogP contribution is -2.44. The van der Waals surface area contributed by atoms with Crippen LogP contribution in [-0.4, -0.2) is 48.2 Å². The minimum Gasteiger partial charge on any atom is -0.467 e. The van der Waals surface area contributed by atoms with Crippen LogP contribution < -0.4 is 15.0 Å². The molecule has 0 unspecified atom stereocenters. The molecule has 1 aliphatic rings. The van der Waals surface area contributed by atoms with Crippen LogP contribution in [0.1, 0.15) is 5.82 Å². The van der Waals surface area contributed by atoms with E-state index in [1.54, 1.807) is 0 Å². The van der Waals surface area contributed by atoms with Gasteiger partial charge in [0.2, 0.25) is 9.74 Å². The fourth-order valence-corrected chi connectivity index (χ4v) is 1.82. The summed E-state index contributed by atoms with van der Waals surface area (Å²) in [6.45, 7) is 3.28. The molecule has 1 aliphatic heterocycles. The molecular weight excluding hydrogens is 300 g/mol. The van der Waals surface area contributed by atoms with Crippen LogP contribution in [0.5, 0.6) is 6.01 Å². The number of hydrogen-bond donors (Lipinski definition) is 1. The fraction of sp³-hybridized carbons (Fsp3) is 0.667. The van der Waals surface area contributed by atoms with Crippen molar-refractivity contribution in [1.29, 1.82) is 0 Å². The van der Waals surface area contributed by atoms with Gasteiger partial charge in [-0.25, -0.2) is 0 Å². The van der Waals surface area contributed by atoms with Crippen LogP contribution in [0.4, 0.5) is 5.95 Å². The second-order valence-electron chi connectivity index (χ2n) is 3.68. The van der Waals surface area contributed by atoms with Crippen molar-refractivity contribution in [3.05, 3.63) is 5.82 Å². The van der Waals surface area contributed by atoms with Crippen molar-refractivity contribution in [2.45, 2.75) is 3.79 Å². The molecule has 1 fully saturated rings. The highest BCUT2D eigenvalue weighted by Crippen LogP contribution is 2.36. The van der Waals surface area contributed by atoms with Gasteiger partial charge in [0.05, 0.1) is 7.11 Å². The molecule has 0 bridgehead atoms. The Hall–Kier alpha value is -0.560. The second-order valence-corrected chi connectivity index (χ2v) is 5.96. The van der Waals surface area contributed by atoms with Gasteiger partial charge in [-0.2, -0.15) is 15.0 Å². The molecule has 2 heterocycles. The van der Waals surface area contributed by atoms with Gasteiger partial charge in [-0.15, -0.1) is 0 Å². The van der Waals surface area contributed by atoms with Crippen LogP contribution in [0.2, 0.25) is 0 Å². The maximum Gasteiger partial charge on any atom is 0.321 e. The van der Waals surface area contributed by atoms with Crippen LogP contribution in [0.3, 0.4) is 0 Å². The highest BCUT2D eigenvalue weighted by atomic mass is 35.6. The topological polar surface area (TPSA) is 63.2 Å². The zero-order valence-electron chi connectivity index (χ0n) is 9.66. The van der Waals surface area contributed by atoms with Gasteiger partial charge in [-0.05, 0) is 0 Å². The summed E-state index contributed by atoms with van der Waals surface area (Å²) in [4.78, 5) is 14.3. The summed E-state index contributed by atoms with van der Waals surface area (Å²) < 4.78 is 3.31. The van der Waals surface area contributed by atoms with E-state index in [1.807, 2.05) is 4.90 Å². The number of rotatable bonds is 2. The normalized spacial score (nSPS) is 16.8. The van der Waals surface area contributed by atoms with Crippen LogP contribution >= 0.6 is 34.8 Å². The van der Waals surface area contributed by atoms with Crippen LogP contribution in [-0.2, 0) is 3.79 Å². The Balaban J connectivity index is 2.34. The van der Waals surface area contributed by atoms with Crippen molar-refractivity contribution in [1.82, 2.24) is 20.3 Å². The Kier molecular flexibility index (Phi) is 4.32. The standard InChI is InChI=1S/C9H12Cl3N5O/c1-18-8-15-6(9(10,11)12)14-7(16-8)17-4-2-13-3-5-17/h13H,2-5H2,1H3. The number of piperazine rings is 1. The molecule has 18 heavy (non-hydrogen) atoms. The van der Waals surface area contributed by atoms with Crippen molar-refractivity contribution in [3.8, 4) is 6.01 Å². The maximum atomic E-state index is 5.79. The lowest BCUT2D eigenvalue weighted by molar-refractivity contribution is 0.375. The molecular formula is C9H12Cl3N5O. The van der Waals surface area contributed by atoms with E-state index in [0.29, 0.717) is 5.95 Å². The van der Waals surface area contributed by atoms with Crippen molar-refractivity contribution < 1.29 is 4.74 Å². The molecule has 9 heteroatoms. The zero-order valence-corrected chi connectivity index (χ0v) is 11.9. The molecule has 0 radical (unpaired) electrons. The van der Waals surface area contributed by atoms with Crippen LogP contribution in [0, 0.1) is 0 Å². The summed E-state index contributed by atoms with van der Waals surface area (Å²) in [5.74, 6) is 0.526. The molecule has 100 valence electrons.